The van der Waals surface area contributed by atoms with Crippen LogP contribution in [0.2, 0.25) is 0 Å². The molecule has 1 atom stereocenters. The molecule has 0 aliphatic carbocycles. The minimum absolute atomic E-state index is 0.428. The van der Waals surface area contributed by atoms with Crippen molar-refractivity contribution in [3.8, 4) is 0 Å². The molecule has 0 radical (unpaired) electrons. The molecule has 0 aromatic carbocycles. The summed E-state index contributed by atoms with van der Waals surface area (Å²) in [5.74, 6) is 1.66. The van der Waals surface area contributed by atoms with E-state index in [1.807, 2.05) is 13.0 Å². The fraction of sp³-hybridized carbons (Fsp3) is 0.600. The molecule has 0 aliphatic heterocycles. The van der Waals surface area contributed by atoms with Gasteiger partial charge in [0.25, 0.3) is 0 Å². The van der Waals surface area contributed by atoms with E-state index in [0.29, 0.717) is 11.9 Å². The van der Waals surface area contributed by atoms with Gasteiger partial charge < -0.3 is 4.57 Å². The van der Waals surface area contributed by atoms with Crippen molar-refractivity contribution in [1.29, 1.82) is 0 Å². The van der Waals surface area contributed by atoms with Crippen LogP contribution in [-0.4, -0.2) is 20.4 Å². The first kappa shape index (κ1) is 14.3. The molecule has 0 spiro atoms. The van der Waals surface area contributed by atoms with Gasteiger partial charge in [-0.15, -0.1) is 11.6 Å². The van der Waals surface area contributed by atoms with Crippen molar-refractivity contribution in [3.63, 3.8) is 0 Å². The topological polar surface area (TPSA) is 30.7 Å². The Balaban J connectivity index is 2.46. The molecule has 0 saturated heterocycles. The third kappa shape index (κ3) is 3.08. The van der Waals surface area contributed by atoms with Gasteiger partial charge in [-0.2, -0.15) is 0 Å². The highest BCUT2D eigenvalue weighted by atomic mass is 35.5. The maximum absolute atomic E-state index is 5.90. The lowest BCUT2D eigenvalue weighted by molar-refractivity contribution is 0.479. The summed E-state index contributed by atoms with van der Waals surface area (Å²) in [5.41, 5.74) is 3.02. The van der Waals surface area contributed by atoms with E-state index < -0.39 is 0 Å². The molecule has 0 N–H and O–H groups in total. The summed E-state index contributed by atoms with van der Waals surface area (Å²) in [6, 6.07) is 4.50. The highest BCUT2D eigenvalue weighted by Crippen LogP contribution is 2.24. The molecule has 1 unspecified atom stereocenters. The van der Waals surface area contributed by atoms with Crippen molar-refractivity contribution >= 4 is 22.8 Å². The van der Waals surface area contributed by atoms with Crippen molar-refractivity contribution in [3.05, 3.63) is 23.7 Å². The van der Waals surface area contributed by atoms with Crippen molar-refractivity contribution in [2.45, 2.75) is 52.5 Å². The largest absolute Gasteiger partial charge is 0.310 e. The van der Waals surface area contributed by atoms with Crippen LogP contribution in [0.15, 0.2) is 12.1 Å². The van der Waals surface area contributed by atoms with E-state index in [4.69, 9.17) is 11.6 Å². The second kappa shape index (κ2) is 6.38. The third-order valence-electron chi connectivity index (χ3n) is 3.48. The number of aromatic nitrogens is 3. The molecule has 2 heterocycles. The summed E-state index contributed by atoms with van der Waals surface area (Å²) < 4.78 is 2.28. The van der Waals surface area contributed by atoms with Crippen LogP contribution in [0.5, 0.6) is 0 Å². The number of alkyl halides is 1. The van der Waals surface area contributed by atoms with Gasteiger partial charge >= 0.3 is 0 Å². The van der Waals surface area contributed by atoms with E-state index in [9.17, 15) is 0 Å². The second-order valence-electron chi connectivity index (χ2n) is 5.12. The molecule has 0 saturated carbocycles. The Kier molecular flexibility index (Phi) is 4.81. The summed E-state index contributed by atoms with van der Waals surface area (Å²) in [5, 5.41) is 0. The molecule has 0 aliphatic rings. The average Bonchev–Trinajstić information content (AvgIpc) is 2.73. The summed E-state index contributed by atoms with van der Waals surface area (Å²) in [6.07, 6.45) is 4.40. The van der Waals surface area contributed by atoms with Gasteiger partial charge in [-0.3, -0.25) is 0 Å². The van der Waals surface area contributed by atoms with Gasteiger partial charge in [-0.25, -0.2) is 9.97 Å². The number of rotatable bonds is 6. The van der Waals surface area contributed by atoms with Crippen LogP contribution in [-0.2, 0) is 6.42 Å². The Bertz CT molecular complexity index is 548. The number of pyridine rings is 1. The van der Waals surface area contributed by atoms with E-state index in [1.54, 1.807) is 0 Å². The number of halogens is 1. The van der Waals surface area contributed by atoms with Crippen LogP contribution in [0.4, 0.5) is 0 Å². The third-order valence-corrected chi connectivity index (χ3v) is 3.67. The fourth-order valence-corrected chi connectivity index (χ4v) is 2.64. The maximum Gasteiger partial charge on any atom is 0.160 e. The zero-order chi connectivity index (χ0) is 13.8. The van der Waals surface area contributed by atoms with E-state index in [-0.39, 0.29) is 0 Å². The predicted octanol–water partition coefficient (Wildman–Crippen LogP) is 4.27. The number of imidazole rings is 1. The Morgan fingerprint density at radius 3 is 2.79 bits per heavy atom. The quantitative estimate of drug-likeness (QED) is 0.739. The molecule has 2 aromatic heterocycles. The standard InChI is InChI=1S/C15H22ClN3/c1-4-5-6-12(3)19-14(9-10-16)18-13-8-7-11(2)17-15(13)19/h7-8,12H,4-6,9-10H2,1-3H3. The summed E-state index contributed by atoms with van der Waals surface area (Å²) in [4.78, 5) is 9.35. The molecule has 3 nitrogen and oxygen atoms in total. The van der Waals surface area contributed by atoms with Crippen LogP contribution < -0.4 is 0 Å². The molecule has 19 heavy (non-hydrogen) atoms. The van der Waals surface area contributed by atoms with Crippen LogP contribution in [0.1, 0.15) is 50.7 Å². The van der Waals surface area contributed by atoms with Crippen molar-refractivity contribution in [2.75, 3.05) is 5.88 Å². The number of hydrogen-bond acceptors (Lipinski definition) is 2. The van der Waals surface area contributed by atoms with Crippen LogP contribution in [0.25, 0.3) is 11.2 Å². The smallest absolute Gasteiger partial charge is 0.160 e. The van der Waals surface area contributed by atoms with Gasteiger partial charge in [0.05, 0.1) is 0 Å². The summed E-state index contributed by atoms with van der Waals surface area (Å²) >= 11 is 5.90. The number of unbranched alkanes of at least 4 members (excludes halogenated alkanes) is 1. The minimum atomic E-state index is 0.428. The van der Waals surface area contributed by atoms with Crippen LogP contribution >= 0.6 is 11.6 Å². The normalized spacial score (nSPS) is 13.1. The monoisotopic (exact) mass is 279 g/mol. The second-order valence-corrected chi connectivity index (χ2v) is 5.50. The fourth-order valence-electron chi connectivity index (χ4n) is 2.47. The van der Waals surface area contributed by atoms with E-state index in [1.165, 1.54) is 12.8 Å². The summed E-state index contributed by atoms with van der Waals surface area (Å²) in [7, 11) is 0. The lowest BCUT2D eigenvalue weighted by Gasteiger charge is -2.16. The molecular formula is C15H22ClN3. The van der Waals surface area contributed by atoms with E-state index >= 15 is 0 Å². The predicted molar refractivity (Wildman–Crippen MR) is 80.9 cm³/mol. The Hall–Kier alpha value is -1.09. The Morgan fingerprint density at radius 2 is 2.11 bits per heavy atom. The first-order valence-corrected chi connectivity index (χ1v) is 7.61. The van der Waals surface area contributed by atoms with Gasteiger partial charge in [0.1, 0.15) is 11.3 Å². The molecular weight excluding hydrogens is 258 g/mol. The van der Waals surface area contributed by atoms with Crippen LogP contribution in [0.3, 0.4) is 0 Å². The van der Waals surface area contributed by atoms with Gasteiger partial charge in [-0.1, -0.05) is 19.8 Å². The highest BCUT2D eigenvalue weighted by Gasteiger charge is 2.16. The number of nitrogens with zero attached hydrogens (tertiary/aromatic N) is 3. The number of hydrogen-bond donors (Lipinski definition) is 0. The molecule has 2 aromatic rings. The molecule has 4 heteroatoms. The minimum Gasteiger partial charge on any atom is -0.310 e. The lowest BCUT2D eigenvalue weighted by atomic mass is 10.1. The molecule has 2 rings (SSSR count). The molecule has 0 fully saturated rings. The SMILES string of the molecule is CCCCC(C)n1c(CCCl)nc2ccc(C)nc21. The van der Waals surface area contributed by atoms with E-state index in [2.05, 4.69) is 34.4 Å². The highest BCUT2D eigenvalue weighted by molar-refractivity contribution is 6.17. The first-order valence-electron chi connectivity index (χ1n) is 7.07. The lowest BCUT2D eigenvalue weighted by Crippen LogP contribution is -2.11. The van der Waals surface area contributed by atoms with E-state index in [0.717, 1.165) is 35.5 Å². The zero-order valence-electron chi connectivity index (χ0n) is 12.0. The number of aryl methyl sites for hydroxylation is 2. The van der Waals surface area contributed by atoms with Crippen molar-refractivity contribution < 1.29 is 0 Å². The average molecular weight is 280 g/mol. The summed E-state index contributed by atoms with van der Waals surface area (Å²) in [6.45, 7) is 6.49. The molecule has 0 bridgehead atoms. The van der Waals surface area contributed by atoms with Crippen molar-refractivity contribution in [1.82, 2.24) is 14.5 Å². The van der Waals surface area contributed by atoms with Crippen LogP contribution in [0, 0.1) is 6.92 Å². The van der Waals surface area contributed by atoms with Crippen molar-refractivity contribution in [2.24, 2.45) is 0 Å². The van der Waals surface area contributed by atoms with Gasteiger partial charge in [0.2, 0.25) is 0 Å². The zero-order valence-corrected chi connectivity index (χ0v) is 12.7. The molecule has 0 amide bonds. The van der Waals surface area contributed by atoms with Gasteiger partial charge in [0.15, 0.2) is 5.65 Å². The van der Waals surface area contributed by atoms with Gasteiger partial charge in [0, 0.05) is 24.0 Å². The Morgan fingerprint density at radius 1 is 1.32 bits per heavy atom. The number of fused-ring (bicyclic) bond motifs is 1. The first-order chi connectivity index (χ1) is 9.17. The maximum atomic E-state index is 5.90. The van der Waals surface area contributed by atoms with Gasteiger partial charge in [-0.05, 0) is 32.4 Å². The molecule has 104 valence electrons. The Labute approximate surface area is 120 Å².